The van der Waals surface area contributed by atoms with Crippen molar-refractivity contribution in [3.63, 3.8) is 0 Å². The number of anilines is 1. The fourth-order valence-corrected chi connectivity index (χ4v) is 3.87. The predicted octanol–water partition coefficient (Wildman–Crippen LogP) is 5.78. The summed E-state index contributed by atoms with van der Waals surface area (Å²) in [5, 5.41) is 6.85. The van der Waals surface area contributed by atoms with Crippen molar-refractivity contribution in [2.75, 3.05) is 5.32 Å². The molecule has 0 aliphatic rings. The summed E-state index contributed by atoms with van der Waals surface area (Å²) in [4.78, 5) is 16.8. The number of amides is 1. The Bertz CT molecular complexity index is 1270. The van der Waals surface area contributed by atoms with Gasteiger partial charge in [-0.25, -0.2) is 4.98 Å². The molecule has 0 radical (unpaired) electrons. The average molecular weight is 467 g/mol. The van der Waals surface area contributed by atoms with Gasteiger partial charge in [0.05, 0.1) is 5.56 Å². The number of rotatable bonds is 5. The van der Waals surface area contributed by atoms with Crippen molar-refractivity contribution in [2.45, 2.75) is 17.2 Å². The molecule has 1 amide bonds. The van der Waals surface area contributed by atoms with Crippen LogP contribution >= 0.6 is 23.4 Å². The first-order valence-electron chi connectivity index (χ1n) is 8.89. The number of hydrogen-bond donors (Lipinski definition) is 1. The number of oxazole rings is 1. The average Bonchev–Trinajstić information content (AvgIpc) is 3.29. The topological polar surface area (TPSA) is 73.0 Å². The molecule has 0 saturated heterocycles. The number of carbonyl (C=O) groups is 1. The number of aryl methyl sites for hydroxylation is 1. The van der Waals surface area contributed by atoms with Crippen LogP contribution < -0.4 is 5.32 Å². The number of benzene rings is 2. The minimum absolute atomic E-state index is 0.286. The largest absolute Gasteiger partial charge is 0.435 e. The summed E-state index contributed by atoms with van der Waals surface area (Å²) in [6.07, 6.45) is -3.71. The molecule has 4 aromatic rings. The van der Waals surface area contributed by atoms with Gasteiger partial charge in [0, 0.05) is 29.7 Å². The van der Waals surface area contributed by atoms with Gasteiger partial charge in [0.15, 0.2) is 11.3 Å². The quantitative estimate of drug-likeness (QED) is 0.377. The van der Waals surface area contributed by atoms with Crippen LogP contribution in [0.4, 0.5) is 18.9 Å². The van der Waals surface area contributed by atoms with Gasteiger partial charge in [-0.05, 0) is 35.9 Å². The summed E-state index contributed by atoms with van der Waals surface area (Å²) >= 11 is 7.35. The van der Waals surface area contributed by atoms with Gasteiger partial charge < -0.3 is 9.73 Å². The molecule has 6 nitrogen and oxygen atoms in total. The van der Waals surface area contributed by atoms with Gasteiger partial charge in [0.25, 0.3) is 11.1 Å². The number of nitrogens with zero attached hydrogens (tertiary/aromatic N) is 3. The van der Waals surface area contributed by atoms with E-state index in [0.717, 1.165) is 16.4 Å². The van der Waals surface area contributed by atoms with Crippen molar-refractivity contribution in [1.82, 2.24) is 14.8 Å². The Morgan fingerprint density at radius 3 is 2.81 bits per heavy atom. The van der Waals surface area contributed by atoms with E-state index in [2.05, 4.69) is 15.4 Å². The highest BCUT2D eigenvalue weighted by atomic mass is 35.5. The van der Waals surface area contributed by atoms with Crippen molar-refractivity contribution in [3.05, 3.63) is 70.5 Å². The van der Waals surface area contributed by atoms with Crippen molar-refractivity contribution in [2.24, 2.45) is 7.05 Å². The fraction of sp³-hybridized carbons (Fsp3) is 0.150. The highest BCUT2D eigenvalue weighted by molar-refractivity contribution is 7.98. The third-order valence-electron chi connectivity index (χ3n) is 4.22. The van der Waals surface area contributed by atoms with E-state index in [9.17, 15) is 18.0 Å². The van der Waals surface area contributed by atoms with Crippen molar-refractivity contribution < 1.29 is 22.4 Å². The molecule has 0 fully saturated rings. The highest BCUT2D eigenvalue weighted by Gasteiger charge is 2.39. The Morgan fingerprint density at radius 1 is 1.26 bits per heavy atom. The van der Waals surface area contributed by atoms with Crippen LogP contribution in [0, 0.1) is 0 Å². The molecule has 0 aliphatic carbocycles. The van der Waals surface area contributed by atoms with E-state index in [1.165, 1.54) is 30.9 Å². The van der Waals surface area contributed by atoms with E-state index in [-0.39, 0.29) is 5.69 Å². The van der Waals surface area contributed by atoms with Crippen LogP contribution in [-0.2, 0) is 19.0 Å². The first-order chi connectivity index (χ1) is 14.7. The Balaban J connectivity index is 1.50. The SMILES string of the molecule is Cn1cc(C(=O)Nc2ccc3oc(SCc4cccc(Cl)c4)nc3c2)c(C(F)(F)F)n1. The third-order valence-corrected chi connectivity index (χ3v) is 5.35. The Kier molecular flexibility index (Phi) is 5.67. The Labute approximate surface area is 183 Å². The zero-order valence-corrected chi connectivity index (χ0v) is 17.5. The molecule has 11 heteroatoms. The molecular weight excluding hydrogens is 453 g/mol. The molecular formula is C20H14ClF3N4O2S. The van der Waals surface area contributed by atoms with Gasteiger partial charge in [-0.3, -0.25) is 9.48 Å². The molecule has 0 unspecified atom stereocenters. The van der Waals surface area contributed by atoms with Crippen LogP contribution in [0.2, 0.25) is 5.02 Å². The first-order valence-corrected chi connectivity index (χ1v) is 10.3. The first kappa shape index (κ1) is 21.3. The maximum absolute atomic E-state index is 13.1. The lowest BCUT2D eigenvalue weighted by Crippen LogP contribution is -2.17. The molecule has 0 saturated carbocycles. The van der Waals surface area contributed by atoms with Crippen LogP contribution in [0.5, 0.6) is 0 Å². The molecule has 1 N–H and O–H groups in total. The second-order valence-corrected chi connectivity index (χ2v) is 7.96. The summed E-state index contributed by atoms with van der Waals surface area (Å²) in [7, 11) is 1.32. The van der Waals surface area contributed by atoms with E-state index in [0.29, 0.717) is 27.1 Å². The van der Waals surface area contributed by atoms with Gasteiger partial charge in [0.2, 0.25) is 0 Å². The standard InChI is InChI=1S/C20H14ClF3N4O2S/c1-28-9-14(17(27-28)20(22,23)24)18(29)25-13-5-6-16-15(8-13)26-19(30-16)31-10-11-3-2-4-12(21)7-11/h2-9H,10H2,1H3,(H,25,29). The number of aromatic nitrogens is 3. The van der Waals surface area contributed by atoms with E-state index in [1.54, 1.807) is 12.1 Å². The molecule has 2 heterocycles. The number of nitrogens with one attached hydrogen (secondary N) is 1. The second kappa shape index (κ2) is 8.27. The van der Waals surface area contributed by atoms with E-state index in [1.807, 2.05) is 18.2 Å². The lowest BCUT2D eigenvalue weighted by molar-refractivity contribution is -0.141. The van der Waals surface area contributed by atoms with Gasteiger partial charge in [-0.15, -0.1) is 0 Å². The predicted molar refractivity (Wildman–Crippen MR) is 111 cm³/mol. The van der Waals surface area contributed by atoms with E-state index in [4.69, 9.17) is 16.0 Å². The fourth-order valence-electron chi connectivity index (χ4n) is 2.88. The molecule has 31 heavy (non-hydrogen) atoms. The monoisotopic (exact) mass is 466 g/mol. The number of fused-ring (bicyclic) bond motifs is 1. The van der Waals surface area contributed by atoms with E-state index < -0.39 is 23.3 Å². The summed E-state index contributed by atoms with van der Waals surface area (Å²) in [6.45, 7) is 0. The maximum atomic E-state index is 13.1. The Morgan fingerprint density at radius 2 is 2.06 bits per heavy atom. The molecule has 2 aromatic carbocycles. The summed E-state index contributed by atoms with van der Waals surface area (Å²) in [5.41, 5.74) is 0.444. The highest BCUT2D eigenvalue weighted by Crippen LogP contribution is 2.32. The zero-order chi connectivity index (χ0) is 22.2. The van der Waals surface area contributed by atoms with Crippen molar-refractivity contribution >= 4 is 46.1 Å². The van der Waals surface area contributed by atoms with Crippen LogP contribution in [-0.4, -0.2) is 20.7 Å². The minimum atomic E-state index is -4.74. The Hall–Kier alpha value is -2.98. The summed E-state index contributed by atoms with van der Waals surface area (Å²) in [6, 6.07) is 12.1. The number of hydrogen-bond acceptors (Lipinski definition) is 5. The van der Waals surface area contributed by atoms with Crippen LogP contribution in [0.1, 0.15) is 21.6 Å². The molecule has 0 bridgehead atoms. The van der Waals surface area contributed by atoms with E-state index >= 15 is 0 Å². The molecule has 160 valence electrons. The molecule has 0 aliphatic heterocycles. The lowest BCUT2D eigenvalue weighted by atomic mass is 10.2. The smallest absolute Gasteiger partial charge is 0.431 e. The van der Waals surface area contributed by atoms with Gasteiger partial charge >= 0.3 is 6.18 Å². The lowest BCUT2D eigenvalue weighted by Gasteiger charge is -2.07. The number of alkyl halides is 3. The van der Waals surface area contributed by atoms with Crippen LogP contribution in [0.15, 0.2) is 58.3 Å². The van der Waals surface area contributed by atoms with Gasteiger partial charge in [0.1, 0.15) is 5.52 Å². The normalized spacial score (nSPS) is 11.8. The number of carbonyl (C=O) groups excluding carboxylic acids is 1. The molecule has 0 spiro atoms. The van der Waals surface area contributed by atoms with Crippen LogP contribution in [0.25, 0.3) is 11.1 Å². The van der Waals surface area contributed by atoms with Gasteiger partial charge in [-0.1, -0.05) is 35.5 Å². The van der Waals surface area contributed by atoms with Crippen LogP contribution in [0.3, 0.4) is 0 Å². The zero-order valence-electron chi connectivity index (χ0n) is 15.9. The maximum Gasteiger partial charge on any atom is 0.435 e. The minimum Gasteiger partial charge on any atom is -0.431 e. The molecule has 0 atom stereocenters. The third kappa shape index (κ3) is 4.86. The van der Waals surface area contributed by atoms with Crippen molar-refractivity contribution in [3.8, 4) is 0 Å². The number of halogens is 4. The summed E-state index contributed by atoms with van der Waals surface area (Å²) in [5.74, 6) is -0.322. The molecule has 2 aromatic heterocycles. The van der Waals surface area contributed by atoms with Gasteiger partial charge in [-0.2, -0.15) is 18.3 Å². The number of thioether (sulfide) groups is 1. The second-order valence-electron chi connectivity index (χ2n) is 6.60. The summed E-state index contributed by atoms with van der Waals surface area (Å²) < 4.78 is 45.9. The molecule has 4 rings (SSSR count). The van der Waals surface area contributed by atoms with Crippen molar-refractivity contribution in [1.29, 1.82) is 0 Å².